The van der Waals surface area contributed by atoms with Crippen molar-refractivity contribution in [3.63, 3.8) is 0 Å². The molecule has 0 aliphatic carbocycles. The Morgan fingerprint density at radius 2 is 2.30 bits per heavy atom. The van der Waals surface area contributed by atoms with E-state index in [0.29, 0.717) is 11.4 Å². The number of carbonyl (C=O) groups excluding carboxylic acids is 2. The normalized spacial score (nSPS) is 16.6. The molecule has 1 N–H and O–H groups in total. The molecule has 2 aromatic rings. The summed E-state index contributed by atoms with van der Waals surface area (Å²) in [6, 6.07) is 5.61. The van der Waals surface area contributed by atoms with Crippen molar-refractivity contribution in [2.24, 2.45) is 0 Å². The second kappa shape index (κ2) is 4.87. The minimum atomic E-state index is -0.363. The lowest BCUT2D eigenvalue weighted by Gasteiger charge is -1.99. The van der Waals surface area contributed by atoms with Crippen LogP contribution in [0.1, 0.15) is 5.56 Å². The van der Waals surface area contributed by atoms with Gasteiger partial charge in [-0.3, -0.25) is 14.9 Å². The number of hydrogen-bond donors (Lipinski definition) is 1. The maximum absolute atomic E-state index is 11.5. The molecule has 2 amide bonds. The maximum atomic E-state index is 11.5. The third-order valence-electron chi connectivity index (χ3n) is 2.85. The maximum Gasteiger partial charge on any atom is 0.290 e. The number of imide groups is 1. The van der Waals surface area contributed by atoms with Crippen LogP contribution in [0.5, 0.6) is 0 Å². The Hall–Kier alpha value is -2.52. The summed E-state index contributed by atoms with van der Waals surface area (Å²) in [5.41, 5.74) is 2.55. The highest BCUT2D eigenvalue weighted by Gasteiger charge is 2.24. The van der Waals surface area contributed by atoms with E-state index in [0.717, 1.165) is 28.4 Å². The SMILES string of the molecule is C#CCn1cnc2cc(/C=C3\SC(=O)NC3=O)ccc21. The topological polar surface area (TPSA) is 64.0 Å². The minimum absolute atomic E-state index is 0.347. The van der Waals surface area contributed by atoms with E-state index in [-0.39, 0.29) is 11.1 Å². The lowest BCUT2D eigenvalue weighted by atomic mass is 10.2. The number of aromatic nitrogens is 2. The molecular weight excluding hydrogens is 274 g/mol. The Kier molecular flexibility index (Phi) is 3.05. The molecule has 1 aromatic carbocycles. The molecule has 0 saturated carbocycles. The van der Waals surface area contributed by atoms with Gasteiger partial charge >= 0.3 is 0 Å². The number of amides is 2. The van der Waals surface area contributed by atoms with E-state index in [2.05, 4.69) is 16.2 Å². The second-order valence-electron chi connectivity index (χ2n) is 4.18. The summed E-state index contributed by atoms with van der Waals surface area (Å²) in [5.74, 6) is 2.20. The zero-order valence-electron chi connectivity index (χ0n) is 10.3. The van der Waals surface area contributed by atoms with E-state index in [1.165, 1.54) is 0 Å². The van der Waals surface area contributed by atoms with Crippen molar-refractivity contribution in [1.82, 2.24) is 14.9 Å². The van der Waals surface area contributed by atoms with E-state index in [9.17, 15) is 9.59 Å². The quantitative estimate of drug-likeness (QED) is 0.676. The molecule has 1 fully saturated rings. The van der Waals surface area contributed by atoms with Crippen molar-refractivity contribution in [1.29, 1.82) is 0 Å². The zero-order chi connectivity index (χ0) is 14.1. The van der Waals surface area contributed by atoms with Gasteiger partial charge in [0.1, 0.15) is 0 Å². The highest BCUT2D eigenvalue weighted by atomic mass is 32.2. The van der Waals surface area contributed by atoms with Gasteiger partial charge in [0, 0.05) is 0 Å². The van der Waals surface area contributed by atoms with Crippen molar-refractivity contribution < 1.29 is 9.59 Å². The third-order valence-corrected chi connectivity index (χ3v) is 3.66. The van der Waals surface area contributed by atoms with Gasteiger partial charge in [-0.2, -0.15) is 0 Å². The molecule has 0 unspecified atom stereocenters. The molecule has 98 valence electrons. The molecule has 20 heavy (non-hydrogen) atoms. The van der Waals surface area contributed by atoms with E-state index in [1.54, 1.807) is 12.4 Å². The Morgan fingerprint density at radius 3 is 3.00 bits per heavy atom. The first-order valence-electron chi connectivity index (χ1n) is 5.80. The number of nitrogens with zero attached hydrogens (tertiary/aromatic N) is 2. The van der Waals surface area contributed by atoms with Gasteiger partial charge in [0.15, 0.2) is 0 Å². The van der Waals surface area contributed by atoms with E-state index in [1.807, 2.05) is 22.8 Å². The van der Waals surface area contributed by atoms with Gasteiger partial charge in [0.05, 0.1) is 28.8 Å². The average molecular weight is 283 g/mol. The number of nitrogens with one attached hydrogen (secondary N) is 1. The molecule has 0 spiro atoms. The number of benzene rings is 1. The Labute approximate surface area is 119 Å². The van der Waals surface area contributed by atoms with Crippen LogP contribution in [0.15, 0.2) is 29.4 Å². The van der Waals surface area contributed by atoms with Crippen LogP contribution >= 0.6 is 11.8 Å². The predicted molar refractivity (Wildman–Crippen MR) is 77.7 cm³/mol. The van der Waals surface area contributed by atoms with E-state index in [4.69, 9.17) is 6.42 Å². The summed E-state index contributed by atoms with van der Waals surface area (Å²) in [5, 5.41) is 1.87. The second-order valence-corrected chi connectivity index (χ2v) is 5.19. The van der Waals surface area contributed by atoms with E-state index < -0.39 is 0 Å². The first-order chi connectivity index (χ1) is 9.67. The highest BCUT2D eigenvalue weighted by Crippen LogP contribution is 2.26. The van der Waals surface area contributed by atoms with Crippen molar-refractivity contribution in [2.45, 2.75) is 6.54 Å². The smallest absolute Gasteiger partial charge is 0.290 e. The van der Waals surface area contributed by atoms with Gasteiger partial charge in [-0.1, -0.05) is 12.0 Å². The van der Waals surface area contributed by atoms with Crippen LogP contribution in [0.2, 0.25) is 0 Å². The van der Waals surface area contributed by atoms with Crippen LogP contribution in [-0.2, 0) is 11.3 Å². The summed E-state index contributed by atoms with van der Waals surface area (Å²) in [6.07, 6.45) is 8.64. The average Bonchev–Trinajstić information content (AvgIpc) is 2.94. The Bertz CT molecular complexity index is 798. The summed E-state index contributed by atoms with van der Waals surface area (Å²) in [4.78, 5) is 27.2. The molecule has 5 nitrogen and oxygen atoms in total. The fraction of sp³-hybridized carbons (Fsp3) is 0.0714. The molecule has 2 heterocycles. The fourth-order valence-corrected chi connectivity index (χ4v) is 2.65. The first kappa shape index (κ1) is 12.5. The summed E-state index contributed by atoms with van der Waals surface area (Å²) in [7, 11) is 0. The van der Waals surface area contributed by atoms with Gasteiger partial charge in [-0.25, -0.2) is 4.98 Å². The molecule has 0 radical (unpaired) electrons. The minimum Gasteiger partial charge on any atom is -0.319 e. The van der Waals surface area contributed by atoms with Crippen molar-refractivity contribution >= 4 is 40.0 Å². The molecule has 0 atom stereocenters. The summed E-state index contributed by atoms with van der Waals surface area (Å²) in [6.45, 7) is 0.462. The predicted octanol–water partition coefficient (Wildman–Crippen LogP) is 1.99. The number of rotatable bonds is 2. The largest absolute Gasteiger partial charge is 0.319 e. The number of thioether (sulfide) groups is 1. The number of terminal acetylenes is 1. The lowest BCUT2D eigenvalue weighted by molar-refractivity contribution is -0.115. The van der Waals surface area contributed by atoms with Gasteiger partial charge in [-0.05, 0) is 35.5 Å². The number of fused-ring (bicyclic) bond motifs is 1. The number of imidazole rings is 1. The highest BCUT2D eigenvalue weighted by molar-refractivity contribution is 8.18. The van der Waals surface area contributed by atoms with Crippen LogP contribution < -0.4 is 5.32 Å². The summed E-state index contributed by atoms with van der Waals surface area (Å²) < 4.78 is 1.87. The van der Waals surface area contributed by atoms with E-state index >= 15 is 0 Å². The van der Waals surface area contributed by atoms with Crippen LogP contribution in [0.4, 0.5) is 4.79 Å². The monoisotopic (exact) mass is 283 g/mol. The molecule has 0 bridgehead atoms. The van der Waals surface area contributed by atoms with Crippen LogP contribution in [0.3, 0.4) is 0 Å². The Balaban J connectivity index is 1.98. The molecular formula is C14H9N3O2S. The van der Waals surface area contributed by atoms with Crippen molar-refractivity contribution in [3.05, 3.63) is 35.0 Å². The molecule has 1 saturated heterocycles. The zero-order valence-corrected chi connectivity index (χ0v) is 11.1. The van der Waals surface area contributed by atoms with Crippen LogP contribution in [0, 0.1) is 12.3 Å². The van der Waals surface area contributed by atoms with Gasteiger partial charge in [-0.15, -0.1) is 6.42 Å². The van der Waals surface area contributed by atoms with Gasteiger partial charge < -0.3 is 4.57 Å². The molecule has 1 aliphatic rings. The fourth-order valence-electron chi connectivity index (χ4n) is 1.97. The Morgan fingerprint density at radius 1 is 1.45 bits per heavy atom. The lowest BCUT2D eigenvalue weighted by Crippen LogP contribution is -2.17. The van der Waals surface area contributed by atoms with Gasteiger partial charge in [0.2, 0.25) is 0 Å². The molecule has 6 heteroatoms. The number of hydrogen-bond acceptors (Lipinski definition) is 4. The third kappa shape index (κ3) is 2.19. The van der Waals surface area contributed by atoms with Crippen LogP contribution in [0.25, 0.3) is 17.1 Å². The number of carbonyl (C=O) groups is 2. The molecule has 3 rings (SSSR count). The van der Waals surface area contributed by atoms with Crippen LogP contribution in [-0.4, -0.2) is 20.7 Å². The standard InChI is InChI=1S/C14H9N3O2S/c1-2-5-17-8-15-10-6-9(3-4-11(10)17)7-12-13(18)16-14(19)20-12/h1,3-4,6-8H,5H2,(H,16,18,19)/b12-7-. The first-order valence-corrected chi connectivity index (χ1v) is 6.62. The van der Waals surface area contributed by atoms with Crippen molar-refractivity contribution in [2.75, 3.05) is 0 Å². The van der Waals surface area contributed by atoms with Gasteiger partial charge in [0.25, 0.3) is 11.1 Å². The molecule has 1 aliphatic heterocycles. The van der Waals surface area contributed by atoms with Crippen molar-refractivity contribution in [3.8, 4) is 12.3 Å². The summed E-state index contributed by atoms with van der Waals surface area (Å²) >= 11 is 0.897. The molecule has 1 aromatic heterocycles.